The van der Waals surface area contributed by atoms with Crippen LogP contribution in [0.15, 0.2) is 54.6 Å². The molecule has 0 bridgehead atoms. The summed E-state index contributed by atoms with van der Waals surface area (Å²) >= 11 is 0. The van der Waals surface area contributed by atoms with Crippen LogP contribution in [0.3, 0.4) is 0 Å². The molecule has 7 nitrogen and oxygen atoms in total. The van der Waals surface area contributed by atoms with Crippen LogP contribution in [0.2, 0.25) is 0 Å². The van der Waals surface area contributed by atoms with Crippen molar-refractivity contribution in [3.63, 3.8) is 0 Å². The zero-order valence-corrected chi connectivity index (χ0v) is 15.7. The van der Waals surface area contributed by atoms with Crippen molar-refractivity contribution in [1.29, 1.82) is 0 Å². The molecule has 0 spiro atoms. The number of hydrogen-bond acceptors (Lipinski definition) is 5. The number of benzene rings is 2. The summed E-state index contributed by atoms with van der Waals surface area (Å²) < 4.78 is 10.9. The predicted octanol–water partition coefficient (Wildman–Crippen LogP) is 2.05. The Morgan fingerprint density at radius 1 is 0.964 bits per heavy atom. The molecule has 2 aromatic rings. The lowest BCUT2D eigenvalue weighted by Gasteiger charge is -2.30. The van der Waals surface area contributed by atoms with Crippen molar-refractivity contribution < 1.29 is 19.1 Å². The first-order valence-electron chi connectivity index (χ1n) is 9.38. The molecule has 1 aliphatic rings. The van der Waals surface area contributed by atoms with Gasteiger partial charge in [-0.3, -0.25) is 9.59 Å². The van der Waals surface area contributed by atoms with Crippen molar-refractivity contribution in [3.05, 3.63) is 54.6 Å². The largest absolute Gasteiger partial charge is 0.493 e. The quantitative estimate of drug-likeness (QED) is 0.729. The van der Waals surface area contributed by atoms with E-state index in [2.05, 4.69) is 15.5 Å². The van der Waals surface area contributed by atoms with Gasteiger partial charge in [0.15, 0.2) is 0 Å². The lowest BCUT2D eigenvalue weighted by atomic mass is 10.2. The Kier molecular flexibility index (Phi) is 7.26. The molecular formula is C21H25N3O4. The summed E-state index contributed by atoms with van der Waals surface area (Å²) in [6, 6.07) is 16.9. The summed E-state index contributed by atoms with van der Waals surface area (Å²) in [5.74, 6) is 0.221. The first-order valence-corrected chi connectivity index (χ1v) is 9.38. The molecule has 1 heterocycles. The molecule has 2 aromatic carbocycles. The number of morpholine rings is 1. The fourth-order valence-corrected chi connectivity index (χ4v) is 2.90. The molecule has 7 heteroatoms. The number of nitrogens with zero attached hydrogens (tertiary/aromatic N) is 1. The summed E-state index contributed by atoms with van der Waals surface area (Å²) in [6.07, 6.45) is 0.187. The van der Waals surface area contributed by atoms with Gasteiger partial charge in [0.05, 0.1) is 44.2 Å². The highest BCUT2D eigenvalue weighted by atomic mass is 16.5. The molecular weight excluding hydrogens is 358 g/mol. The molecule has 148 valence electrons. The van der Waals surface area contributed by atoms with Crippen LogP contribution in [0.4, 0.5) is 11.4 Å². The molecule has 0 aliphatic carbocycles. The molecule has 1 aliphatic heterocycles. The molecule has 28 heavy (non-hydrogen) atoms. The van der Waals surface area contributed by atoms with E-state index in [1.807, 2.05) is 54.6 Å². The highest BCUT2D eigenvalue weighted by Crippen LogP contribution is 2.26. The minimum Gasteiger partial charge on any atom is -0.493 e. The van der Waals surface area contributed by atoms with Gasteiger partial charge in [-0.1, -0.05) is 30.3 Å². The molecule has 2 amide bonds. The van der Waals surface area contributed by atoms with Gasteiger partial charge in [0, 0.05) is 13.1 Å². The summed E-state index contributed by atoms with van der Waals surface area (Å²) in [5.41, 5.74) is 1.69. The SMILES string of the molecule is O=C(CCOc1ccccc1)NCC(=O)Nc1ccccc1N1CCOCC1. The van der Waals surface area contributed by atoms with Crippen molar-refractivity contribution in [3.8, 4) is 5.75 Å². The summed E-state index contributed by atoms with van der Waals surface area (Å²) in [4.78, 5) is 26.3. The third-order valence-electron chi connectivity index (χ3n) is 4.32. The van der Waals surface area contributed by atoms with E-state index in [4.69, 9.17) is 9.47 Å². The first-order chi connectivity index (χ1) is 13.7. The second-order valence-corrected chi connectivity index (χ2v) is 6.35. The molecule has 0 atom stereocenters. The number of nitrogens with one attached hydrogen (secondary N) is 2. The number of anilines is 2. The van der Waals surface area contributed by atoms with Crippen molar-refractivity contribution in [2.24, 2.45) is 0 Å². The fraction of sp³-hybridized carbons (Fsp3) is 0.333. The third kappa shape index (κ3) is 5.99. The maximum Gasteiger partial charge on any atom is 0.243 e. The Hall–Kier alpha value is -3.06. The Morgan fingerprint density at radius 2 is 1.68 bits per heavy atom. The van der Waals surface area contributed by atoms with Crippen molar-refractivity contribution in [2.45, 2.75) is 6.42 Å². The van der Waals surface area contributed by atoms with E-state index in [-0.39, 0.29) is 31.4 Å². The van der Waals surface area contributed by atoms with E-state index < -0.39 is 0 Å². The number of ether oxygens (including phenoxy) is 2. The molecule has 0 unspecified atom stereocenters. The van der Waals surface area contributed by atoms with Crippen LogP contribution in [0.1, 0.15) is 6.42 Å². The number of rotatable bonds is 8. The average Bonchev–Trinajstić information content (AvgIpc) is 2.74. The standard InChI is InChI=1S/C21H25N3O4/c25-20(10-13-28-17-6-2-1-3-7-17)22-16-21(26)23-18-8-4-5-9-19(18)24-11-14-27-15-12-24/h1-9H,10-16H2,(H,22,25)(H,23,26). The molecule has 3 rings (SSSR count). The van der Waals surface area contributed by atoms with Gasteiger partial charge in [-0.2, -0.15) is 0 Å². The zero-order valence-electron chi connectivity index (χ0n) is 15.7. The van der Waals surface area contributed by atoms with Gasteiger partial charge in [-0.05, 0) is 24.3 Å². The van der Waals surface area contributed by atoms with Gasteiger partial charge >= 0.3 is 0 Å². The Bertz CT molecular complexity index is 776. The topological polar surface area (TPSA) is 79.9 Å². The highest BCUT2D eigenvalue weighted by molar-refractivity contribution is 5.97. The maximum atomic E-state index is 12.2. The van der Waals surface area contributed by atoms with Crippen LogP contribution in [0, 0.1) is 0 Å². The number of hydrogen-bond donors (Lipinski definition) is 2. The molecule has 1 fully saturated rings. The lowest BCUT2D eigenvalue weighted by Crippen LogP contribution is -2.37. The Morgan fingerprint density at radius 3 is 2.46 bits per heavy atom. The smallest absolute Gasteiger partial charge is 0.243 e. The molecule has 1 saturated heterocycles. The van der Waals surface area contributed by atoms with Crippen LogP contribution in [-0.2, 0) is 14.3 Å². The van der Waals surface area contributed by atoms with E-state index in [1.54, 1.807) is 0 Å². The monoisotopic (exact) mass is 383 g/mol. The third-order valence-corrected chi connectivity index (χ3v) is 4.32. The maximum absolute atomic E-state index is 12.2. The van der Waals surface area contributed by atoms with Gasteiger partial charge in [0.25, 0.3) is 0 Å². The van der Waals surface area contributed by atoms with E-state index in [0.717, 1.165) is 24.5 Å². The van der Waals surface area contributed by atoms with Crippen LogP contribution in [-0.4, -0.2) is 51.3 Å². The van der Waals surface area contributed by atoms with Crippen LogP contribution < -0.4 is 20.3 Å². The van der Waals surface area contributed by atoms with E-state index >= 15 is 0 Å². The van der Waals surface area contributed by atoms with Crippen LogP contribution in [0.5, 0.6) is 5.75 Å². The molecule has 0 aromatic heterocycles. The van der Waals surface area contributed by atoms with Crippen molar-refractivity contribution >= 4 is 23.2 Å². The van der Waals surface area contributed by atoms with Crippen molar-refractivity contribution in [2.75, 3.05) is 49.7 Å². The lowest BCUT2D eigenvalue weighted by molar-refractivity contribution is -0.124. The van der Waals surface area contributed by atoms with Crippen molar-refractivity contribution in [1.82, 2.24) is 5.32 Å². The Labute approximate surface area is 164 Å². The minimum absolute atomic E-state index is 0.0817. The van der Waals surface area contributed by atoms with Gasteiger partial charge in [0.2, 0.25) is 11.8 Å². The summed E-state index contributed by atoms with van der Waals surface area (Å²) in [7, 11) is 0. The Balaban J connectivity index is 1.42. The van der Waals surface area contributed by atoms with Crippen LogP contribution >= 0.6 is 0 Å². The van der Waals surface area contributed by atoms with E-state index in [9.17, 15) is 9.59 Å². The number of carbonyl (C=O) groups excluding carboxylic acids is 2. The van der Waals surface area contributed by atoms with Gasteiger partial charge in [0.1, 0.15) is 5.75 Å². The average molecular weight is 383 g/mol. The molecule has 0 radical (unpaired) electrons. The predicted molar refractivity (Wildman–Crippen MR) is 108 cm³/mol. The number of amides is 2. The summed E-state index contributed by atoms with van der Waals surface area (Å²) in [5, 5.41) is 5.50. The van der Waals surface area contributed by atoms with Gasteiger partial charge < -0.3 is 25.0 Å². The summed E-state index contributed by atoms with van der Waals surface area (Å²) in [6.45, 7) is 3.09. The van der Waals surface area contributed by atoms with E-state index in [1.165, 1.54) is 0 Å². The fourth-order valence-electron chi connectivity index (χ4n) is 2.90. The number of carbonyl (C=O) groups is 2. The minimum atomic E-state index is -0.266. The number of para-hydroxylation sites is 3. The zero-order chi connectivity index (χ0) is 19.6. The molecule has 0 saturated carbocycles. The highest BCUT2D eigenvalue weighted by Gasteiger charge is 2.16. The first kappa shape index (κ1) is 19.7. The molecule has 2 N–H and O–H groups in total. The normalized spacial score (nSPS) is 13.6. The van der Waals surface area contributed by atoms with Gasteiger partial charge in [-0.25, -0.2) is 0 Å². The second-order valence-electron chi connectivity index (χ2n) is 6.35. The van der Waals surface area contributed by atoms with Gasteiger partial charge in [-0.15, -0.1) is 0 Å². The van der Waals surface area contributed by atoms with E-state index in [0.29, 0.717) is 19.0 Å². The second kappa shape index (κ2) is 10.3. The van der Waals surface area contributed by atoms with Crippen LogP contribution in [0.25, 0.3) is 0 Å².